The topological polar surface area (TPSA) is 42.2 Å². The van der Waals surface area contributed by atoms with Crippen LogP contribution in [0.15, 0.2) is 47.1 Å². The van der Waals surface area contributed by atoms with E-state index in [0.29, 0.717) is 5.76 Å². The van der Waals surface area contributed by atoms with E-state index in [2.05, 4.69) is 24.4 Å². The van der Waals surface area contributed by atoms with Crippen molar-refractivity contribution in [1.29, 1.82) is 0 Å². The molecule has 0 fully saturated rings. The predicted octanol–water partition coefficient (Wildman–Crippen LogP) is 3.33. The van der Waals surface area contributed by atoms with Crippen LogP contribution in [0.5, 0.6) is 0 Å². The molecule has 0 saturated carbocycles. The zero-order valence-corrected chi connectivity index (χ0v) is 10.6. The van der Waals surface area contributed by atoms with Crippen molar-refractivity contribution in [2.75, 3.05) is 0 Å². The van der Waals surface area contributed by atoms with E-state index in [1.54, 1.807) is 12.1 Å². The Labute approximate surface area is 107 Å². The molecule has 3 heteroatoms. The number of hydrogen-bond acceptors (Lipinski definition) is 2. The molecule has 94 valence electrons. The Balaban J connectivity index is 2.02. The maximum atomic E-state index is 11.8. The molecule has 1 atom stereocenters. The van der Waals surface area contributed by atoms with E-state index < -0.39 is 0 Å². The van der Waals surface area contributed by atoms with Crippen molar-refractivity contribution in [1.82, 2.24) is 5.32 Å². The standard InChI is InChI=1S/C15H17NO2/c1-3-12-6-8-13(9-7-12)11(2)16-15(17)14-5-4-10-18-14/h4-11H,3H2,1-2H3,(H,16,17)/t11-/m0/s1. The molecule has 0 unspecified atom stereocenters. The van der Waals surface area contributed by atoms with Gasteiger partial charge in [-0.1, -0.05) is 31.2 Å². The van der Waals surface area contributed by atoms with E-state index in [1.165, 1.54) is 11.8 Å². The summed E-state index contributed by atoms with van der Waals surface area (Å²) in [5.41, 5.74) is 2.38. The van der Waals surface area contributed by atoms with Gasteiger partial charge in [0, 0.05) is 0 Å². The Morgan fingerprint density at radius 3 is 2.56 bits per heavy atom. The normalized spacial score (nSPS) is 12.1. The Morgan fingerprint density at radius 1 is 1.28 bits per heavy atom. The van der Waals surface area contributed by atoms with Gasteiger partial charge in [-0.3, -0.25) is 4.79 Å². The van der Waals surface area contributed by atoms with Crippen molar-refractivity contribution in [3.63, 3.8) is 0 Å². The molecule has 18 heavy (non-hydrogen) atoms. The van der Waals surface area contributed by atoms with Gasteiger partial charge in [-0.05, 0) is 36.6 Å². The molecular formula is C15H17NO2. The fourth-order valence-corrected chi connectivity index (χ4v) is 1.80. The van der Waals surface area contributed by atoms with Gasteiger partial charge >= 0.3 is 0 Å². The minimum absolute atomic E-state index is 0.0338. The molecule has 0 aliphatic rings. The van der Waals surface area contributed by atoms with Gasteiger partial charge in [0.25, 0.3) is 5.91 Å². The molecular weight excluding hydrogens is 226 g/mol. The van der Waals surface area contributed by atoms with Crippen LogP contribution in [-0.2, 0) is 6.42 Å². The van der Waals surface area contributed by atoms with Crippen LogP contribution in [0.1, 0.15) is 41.6 Å². The summed E-state index contributed by atoms with van der Waals surface area (Å²) in [6, 6.07) is 11.6. The van der Waals surface area contributed by atoms with Gasteiger partial charge in [0.1, 0.15) is 0 Å². The lowest BCUT2D eigenvalue weighted by atomic mass is 10.0. The Bertz CT molecular complexity index is 500. The quantitative estimate of drug-likeness (QED) is 0.895. The molecule has 1 aromatic carbocycles. The van der Waals surface area contributed by atoms with Crippen molar-refractivity contribution in [3.8, 4) is 0 Å². The molecule has 2 aromatic rings. The second kappa shape index (κ2) is 5.54. The second-order valence-corrected chi connectivity index (χ2v) is 4.27. The first-order valence-electron chi connectivity index (χ1n) is 6.14. The number of hydrogen-bond donors (Lipinski definition) is 1. The lowest BCUT2D eigenvalue weighted by Gasteiger charge is -2.13. The van der Waals surface area contributed by atoms with Crippen molar-refractivity contribution in [3.05, 3.63) is 59.5 Å². The molecule has 0 aliphatic carbocycles. The van der Waals surface area contributed by atoms with Crippen LogP contribution < -0.4 is 5.32 Å². The van der Waals surface area contributed by atoms with Gasteiger partial charge in [-0.25, -0.2) is 0 Å². The fourth-order valence-electron chi connectivity index (χ4n) is 1.80. The summed E-state index contributed by atoms with van der Waals surface area (Å²) in [5, 5.41) is 2.90. The van der Waals surface area contributed by atoms with Crippen LogP contribution in [-0.4, -0.2) is 5.91 Å². The summed E-state index contributed by atoms with van der Waals surface area (Å²) >= 11 is 0. The molecule has 1 N–H and O–H groups in total. The Hall–Kier alpha value is -2.03. The van der Waals surface area contributed by atoms with Gasteiger partial charge in [0.2, 0.25) is 0 Å². The molecule has 0 spiro atoms. The maximum Gasteiger partial charge on any atom is 0.287 e. The summed E-state index contributed by atoms with van der Waals surface area (Å²) in [6.45, 7) is 4.08. The second-order valence-electron chi connectivity index (χ2n) is 4.27. The first kappa shape index (κ1) is 12.4. The van der Waals surface area contributed by atoms with Crippen LogP contribution in [0.2, 0.25) is 0 Å². The highest BCUT2D eigenvalue weighted by atomic mass is 16.3. The smallest absolute Gasteiger partial charge is 0.287 e. The third-order valence-corrected chi connectivity index (χ3v) is 2.98. The zero-order valence-electron chi connectivity index (χ0n) is 10.6. The molecule has 1 heterocycles. The van der Waals surface area contributed by atoms with Gasteiger partial charge < -0.3 is 9.73 Å². The average molecular weight is 243 g/mol. The number of carbonyl (C=O) groups is 1. The third-order valence-electron chi connectivity index (χ3n) is 2.98. The molecule has 0 bridgehead atoms. The van der Waals surface area contributed by atoms with Gasteiger partial charge in [-0.2, -0.15) is 0 Å². The minimum Gasteiger partial charge on any atom is -0.459 e. The minimum atomic E-state index is -0.188. The summed E-state index contributed by atoms with van der Waals surface area (Å²) < 4.78 is 5.06. The third kappa shape index (κ3) is 2.80. The number of carbonyl (C=O) groups excluding carboxylic acids is 1. The van der Waals surface area contributed by atoms with Crippen molar-refractivity contribution >= 4 is 5.91 Å². The first-order valence-corrected chi connectivity index (χ1v) is 6.14. The summed E-state index contributed by atoms with van der Waals surface area (Å²) in [6.07, 6.45) is 2.52. The highest BCUT2D eigenvalue weighted by Gasteiger charge is 2.13. The van der Waals surface area contributed by atoms with E-state index >= 15 is 0 Å². The Kier molecular flexibility index (Phi) is 3.82. The number of benzene rings is 1. The zero-order chi connectivity index (χ0) is 13.0. The van der Waals surface area contributed by atoms with E-state index in [4.69, 9.17) is 4.42 Å². The summed E-state index contributed by atoms with van der Waals surface area (Å²) in [5.74, 6) is 0.152. The number of rotatable bonds is 4. The van der Waals surface area contributed by atoms with E-state index in [1.807, 2.05) is 19.1 Å². The fraction of sp³-hybridized carbons (Fsp3) is 0.267. The van der Waals surface area contributed by atoms with Crippen LogP contribution in [0.4, 0.5) is 0 Å². The largest absolute Gasteiger partial charge is 0.459 e. The lowest BCUT2D eigenvalue weighted by Crippen LogP contribution is -2.26. The van der Waals surface area contributed by atoms with Crippen molar-refractivity contribution < 1.29 is 9.21 Å². The Morgan fingerprint density at radius 2 is 2.00 bits per heavy atom. The maximum absolute atomic E-state index is 11.8. The van der Waals surface area contributed by atoms with Gasteiger partial charge in [0.15, 0.2) is 5.76 Å². The number of aryl methyl sites for hydroxylation is 1. The van der Waals surface area contributed by atoms with Crippen LogP contribution in [0, 0.1) is 0 Å². The van der Waals surface area contributed by atoms with Crippen LogP contribution >= 0.6 is 0 Å². The summed E-state index contributed by atoms with van der Waals surface area (Å²) in [7, 11) is 0. The lowest BCUT2D eigenvalue weighted by molar-refractivity contribution is 0.0912. The van der Waals surface area contributed by atoms with E-state index in [9.17, 15) is 4.79 Å². The average Bonchev–Trinajstić information content (AvgIpc) is 2.92. The van der Waals surface area contributed by atoms with E-state index in [-0.39, 0.29) is 11.9 Å². The first-order chi connectivity index (χ1) is 8.70. The number of furan rings is 1. The van der Waals surface area contributed by atoms with Crippen LogP contribution in [0.25, 0.3) is 0 Å². The van der Waals surface area contributed by atoms with E-state index in [0.717, 1.165) is 12.0 Å². The number of amides is 1. The van der Waals surface area contributed by atoms with Crippen LogP contribution in [0.3, 0.4) is 0 Å². The molecule has 3 nitrogen and oxygen atoms in total. The molecule has 0 radical (unpaired) electrons. The predicted molar refractivity (Wildman–Crippen MR) is 70.4 cm³/mol. The van der Waals surface area contributed by atoms with Crippen molar-refractivity contribution in [2.24, 2.45) is 0 Å². The molecule has 1 aromatic heterocycles. The van der Waals surface area contributed by atoms with Gasteiger partial charge in [-0.15, -0.1) is 0 Å². The van der Waals surface area contributed by atoms with Crippen molar-refractivity contribution in [2.45, 2.75) is 26.3 Å². The molecule has 1 amide bonds. The molecule has 0 aliphatic heterocycles. The molecule has 0 saturated heterocycles. The SMILES string of the molecule is CCc1ccc([C@H](C)NC(=O)c2ccco2)cc1. The summed E-state index contributed by atoms with van der Waals surface area (Å²) in [4.78, 5) is 11.8. The highest BCUT2D eigenvalue weighted by Crippen LogP contribution is 2.14. The molecule has 2 rings (SSSR count). The monoisotopic (exact) mass is 243 g/mol. The highest BCUT2D eigenvalue weighted by molar-refractivity contribution is 5.91. The number of nitrogens with one attached hydrogen (secondary N) is 1. The van der Waals surface area contributed by atoms with Gasteiger partial charge in [0.05, 0.1) is 12.3 Å².